The van der Waals surface area contributed by atoms with Crippen molar-refractivity contribution in [1.82, 2.24) is 4.57 Å². The van der Waals surface area contributed by atoms with E-state index in [1.54, 1.807) is 32.0 Å². The molecule has 7 heteroatoms. The summed E-state index contributed by atoms with van der Waals surface area (Å²) in [6.45, 7) is 2.02. The third-order valence-corrected chi connectivity index (χ3v) is 3.70. The average molecular weight is 363 g/mol. The lowest BCUT2D eigenvalue weighted by molar-refractivity contribution is -0.136. The molecule has 26 heavy (non-hydrogen) atoms. The zero-order valence-corrected chi connectivity index (χ0v) is 14.7. The molecule has 1 aromatic heterocycles. The third kappa shape index (κ3) is 4.56. The number of alkyl halides is 2. The minimum atomic E-state index is -2.88. The summed E-state index contributed by atoms with van der Waals surface area (Å²) in [5.41, 5.74) is 2.58. The number of halogens is 2. The van der Waals surface area contributed by atoms with Crippen LogP contribution in [-0.2, 0) is 9.53 Å². The number of benzene rings is 1. The van der Waals surface area contributed by atoms with Gasteiger partial charge in [-0.2, -0.15) is 8.78 Å². The van der Waals surface area contributed by atoms with Crippen molar-refractivity contribution in [1.29, 1.82) is 0 Å². The highest BCUT2D eigenvalue weighted by molar-refractivity contribution is 6.00. The summed E-state index contributed by atoms with van der Waals surface area (Å²) in [5.74, 6) is -0.845. The summed E-state index contributed by atoms with van der Waals surface area (Å²) in [5, 5.41) is 0. The number of allylic oxidation sites excluding steroid dienone is 1. The standard InChI is InChI=1S/C19H19F2NO4/c1-4-5-18(24)25-11-17(23)16-10-12(2)22(13(16)3)14-6-8-15(9-7-14)26-19(20)21/h4-10,19H,11H2,1-3H3/b5-4+. The molecule has 0 N–H and O–H groups in total. The fourth-order valence-corrected chi connectivity index (χ4v) is 2.62. The van der Waals surface area contributed by atoms with Gasteiger partial charge >= 0.3 is 12.6 Å². The largest absolute Gasteiger partial charge is 0.454 e. The Labute approximate surface area is 149 Å². The zero-order valence-electron chi connectivity index (χ0n) is 14.7. The van der Waals surface area contributed by atoms with Gasteiger partial charge in [-0.1, -0.05) is 6.08 Å². The van der Waals surface area contributed by atoms with Crippen LogP contribution < -0.4 is 4.74 Å². The van der Waals surface area contributed by atoms with Gasteiger partial charge < -0.3 is 14.0 Å². The number of rotatable bonds is 7. The Morgan fingerprint density at radius 1 is 1.19 bits per heavy atom. The summed E-state index contributed by atoms with van der Waals surface area (Å²) < 4.78 is 35.5. The molecule has 0 saturated carbocycles. The fourth-order valence-electron chi connectivity index (χ4n) is 2.62. The van der Waals surface area contributed by atoms with Gasteiger partial charge in [-0.3, -0.25) is 4.79 Å². The van der Waals surface area contributed by atoms with E-state index in [2.05, 4.69) is 4.74 Å². The quantitative estimate of drug-likeness (QED) is 0.424. The molecule has 0 amide bonds. The summed E-state index contributed by atoms with van der Waals surface area (Å²) in [6.07, 6.45) is 2.76. The Kier molecular flexibility index (Phi) is 6.27. The van der Waals surface area contributed by atoms with Crippen LogP contribution in [-0.4, -0.2) is 29.5 Å². The van der Waals surface area contributed by atoms with E-state index in [0.29, 0.717) is 16.9 Å². The van der Waals surface area contributed by atoms with Crippen molar-refractivity contribution in [2.45, 2.75) is 27.4 Å². The Morgan fingerprint density at radius 2 is 1.85 bits per heavy atom. The average Bonchev–Trinajstić information content (AvgIpc) is 2.88. The van der Waals surface area contributed by atoms with Crippen LogP contribution in [0.2, 0.25) is 0 Å². The van der Waals surface area contributed by atoms with E-state index in [-0.39, 0.29) is 18.1 Å². The molecule has 0 saturated heterocycles. The Bertz CT molecular complexity index is 823. The number of aromatic nitrogens is 1. The van der Waals surface area contributed by atoms with Gasteiger partial charge in [0.25, 0.3) is 0 Å². The van der Waals surface area contributed by atoms with Crippen molar-refractivity contribution < 1.29 is 27.8 Å². The van der Waals surface area contributed by atoms with Gasteiger partial charge in [0.2, 0.25) is 5.78 Å². The maximum Gasteiger partial charge on any atom is 0.387 e. The molecule has 0 bridgehead atoms. The predicted molar refractivity (Wildman–Crippen MR) is 92.0 cm³/mol. The topological polar surface area (TPSA) is 57.5 Å². The van der Waals surface area contributed by atoms with Crippen LogP contribution in [0.4, 0.5) is 8.78 Å². The smallest absolute Gasteiger partial charge is 0.387 e. The first-order valence-electron chi connectivity index (χ1n) is 7.90. The summed E-state index contributed by atoms with van der Waals surface area (Å²) >= 11 is 0. The van der Waals surface area contributed by atoms with Gasteiger partial charge in [0.05, 0.1) is 0 Å². The van der Waals surface area contributed by atoms with Crippen molar-refractivity contribution in [2.75, 3.05) is 6.61 Å². The Balaban J connectivity index is 2.21. The third-order valence-electron chi connectivity index (χ3n) is 3.70. The minimum Gasteiger partial charge on any atom is -0.454 e. The first-order valence-corrected chi connectivity index (χ1v) is 7.90. The Morgan fingerprint density at radius 3 is 2.42 bits per heavy atom. The molecule has 1 aromatic carbocycles. The van der Waals surface area contributed by atoms with Gasteiger partial charge in [0.15, 0.2) is 6.61 Å². The molecule has 0 fully saturated rings. The van der Waals surface area contributed by atoms with Crippen LogP contribution in [0.3, 0.4) is 0 Å². The molecule has 0 atom stereocenters. The highest BCUT2D eigenvalue weighted by Crippen LogP contribution is 2.24. The first kappa shape index (κ1) is 19.4. The van der Waals surface area contributed by atoms with Crippen LogP contribution in [0, 0.1) is 13.8 Å². The number of ketones is 1. The number of hydrogen-bond acceptors (Lipinski definition) is 4. The van der Waals surface area contributed by atoms with Crippen molar-refractivity contribution >= 4 is 11.8 Å². The molecule has 0 aliphatic rings. The van der Waals surface area contributed by atoms with E-state index in [4.69, 9.17) is 4.74 Å². The maximum absolute atomic E-state index is 12.3. The molecular formula is C19H19F2NO4. The molecule has 5 nitrogen and oxygen atoms in total. The number of carbonyl (C=O) groups is 2. The predicted octanol–water partition coefficient (Wildman–Crippen LogP) is 4.00. The van der Waals surface area contributed by atoms with E-state index in [1.807, 2.05) is 11.5 Å². The van der Waals surface area contributed by atoms with Crippen molar-refractivity contribution in [3.63, 3.8) is 0 Å². The number of Topliss-reactive ketones (excluding diaryl/α,β-unsaturated/α-hetero) is 1. The van der Waals surface area contributed by atoms with Crippen molar-refractivity contribution in [3.8, 4) is 11.4 Å². The molecule has 0 spiro atoms. The minimum absolute atomic E-state index is 0.0541. The summed E-state index contributed by atoms with van der Waals surface area (Å²) in [4.78, 5) is 23.7. The molecule has 1 heterocycles. The highest BCUT2D eigenvalue weighted by atomic mass is 19.3. The molecule has 138 valence electrons. The number of hydrogen-bond donors (Lipinski definition) is 0. The van der Waals surface area contributed by atoms with Gasteiger partial charge in [0, 0.05) is 28.7 Å². The maximum atomic E-state index is 12.3. The summed E-state index contributed by atoms with van der Waals surface area (Å²) in [6, 6.07) is 7.81. The van der Waals surface area contributed by atoms with Gasteiger partial charge in [-0.05, 0) is 51.1 Å². The second-order valence-electron chi connectivity index (χ2n) is 5.52. The number of carbonyl (C=O) groups excluding carboxylic acids is 2. The Hall–Kier alpha value is -2.96. The second kappa shape index (κ2) is 8.42. The normalized spacial score (nSPS) is 11.2. The molecule has 0 radical (unpaired) electrons. The first-order chi connectivity index (χ1) is 12.3. The number of aryl methyl sites for hydroxylation is 1. The van der Waals surface area contributed by atoms with Crippen LogP contribution >= 0.6 is 0 Å². The molecule has 2 aromatic rings. The molecular weight excluding hydrogens is 344 g/mol. The lowest BCUT2D eigenvalue weighted by Gasteiger charge is -2.11. The lowest BCUT2D eigenvalue weighted by atomic mass is 10.1. The molecule has 0 unspecified atom stereocenters. The van der Waals surface area contributed by atoms with Crippen molar-refractivity contribution in [3.05, 3.63) is 59.4 Å². The summed E-state index contributed by atoms with van der Waals surface area (Å²) in [7, 11) is 0. The van der Waals surface area contributed by atoms with E-state index < -0.39 is 12.6 Å². The van der Waals surface area contributed by atoms with Gasteiger partial charge in [-0.15, -0.1) is 0 Å². The van der Waals surface area contributed by atoms with Gasteiger partial charge in [-0.25, -0.2) is 4.79 Å². The monoisotopic (exact) mass is 363 g/mol. The van der Waals surface area contributed by atoms with Crippen LogP contribution in [0.15, 0.2) is 42.5 Å². The van der Waals surface area contributed by atoms with E-state index in [0.717, 1.165) is 5.69 Å². The van der Waals surface area contributed by atoms with Crippen molar-refractivity contribution in [2.24, 2.45) is 0 Å². The SMILES string of the molecule is C/C=C/C(=O)OCC(=O)c1cc(C)n(-c2ccc(OC(F)F)cc2)c1C. The zero-order chi connectivity index (χ0) is 19.3. The highest BCUT2D eigenvalue weighted by Gasteiger charge is 2.18. The van der Waals surface area contributed by atoms with E-state index in [9.17, 15) is 18.4 Å². The van der Waals surface area contributed by atoms with Crippen LogP contribution in [0.1, 0.15) is 28.7 Å². The fraction of sp³-hybridized carbons (Fsp3) is 0.263. The molecule has 0 aliphatic carbocycles. The van der Waals surface area contributed by atoms with E-state index >= 15 is 0 Å². The molecule has 2 rings (SSSR count). The van der Waals surface area contributed by atoms with Crippen LogP contribution in [0.25, 0.3) is 5.69 Å². The molecule has 0 aliphatic heterocycles. The lowest BCUT2D eigenvalue weighted by Crippen LogP contribution is -2.13. The number of nitrogens with zero attached hydrogens (tertiary/aromatic N) is 1. The number of ether oxygens (including phenoxy) is 2. The second-order valence-corrected chi connectivity index (χ2v) is 5.52. The number of esters is 1. The van der Waals surface area contributed by atoms with Gasteiger partial charge in [0.1, 0.15) is 5.75 Å². The van der Waals surface area contributed by atoms with Crippen LogP contribution in [0.5, 0.6) is 5.75 Å². The van der Waals surface area contributed by atoms with E-state index in [1.165, 1.54) is 24.3 Å².